The first-order chi connectivity index (χ1) is 15.5. The van der Waals surface area contributed by atoms with Crippen molar-refractivity contribution in [1.29, 1.82) is 0 Å². The summed E-state index contributed by atoms with van der Waals surface area (Å²) >= 11 is 0. The van der Waals surface area contributed by atoms with Crippen LogP contribution in [0.25, 0.3) is 0 Å². The summed E-state index contributed by atoms with van der Waals surface area (Å²) in [7, 11) is 0. The van der Waals surface area contributed by atoms with E-state index in [2.05, 4.69) is 13.8 Å². The van der Waals surface area contributed by atoms with Crippen molar-refractivity contribution in [3.63, 3.8) is 0 Å². The van der Waals surface area contributed by atoms with Gasteiger partial charge in [0.25, 0.3) is 0 Å². The van der Waals surface area contributed by atoms with E-state index in [4.69, 9.17) is 0 Å². The predicted octanol–water partition coefficient (Wildman–Crippen LogP) is 9.07. The molecule has 0 aromatic carbocycles. The maximum Gasteiger partial charge on any atom is 0.332 e. The van der Waals surface area contributed by atoms with Crippen molar-refractivity contribution >= 4 is 11.9 Å². The predicted molar refractivity (Wildman–Crippen MR) is 135 cm³/mol. The first kappa shape index (κ1) is 30.7. The van der Waals surface area contributed by atoms with E-state index in [0.29, 0.717) is 12.8 Å². The Balaban J connectivity index is 4.11. The highest BCUT2D eigenvalue weighted by molar-refractivity contribution is 5.98. The van der Waals surface area contributed by atoms with Crippen molar-refractivity contribution in [3.8, 4) is 0 Å². The average Bonchev–Trinajstić information content (AvgIpc) is 2.76. The lowest BCUT2D eigenvalue weighted by molar-refractivity contribution is -0.136. The Hall–Kier alpha value is -1.32. The van der Waals surface area contributed by atoms with E-state index in [0.717, 1.165) is 38.5 Å². The molecule has 0 unspecified atom stereocenters. The van der Waals surface area contributed by atoms with Gasteiger partial charge in [-0.3, -0.25) is 0 Å². The SMILES string of the molecule is CCCCCCCCCCCCC(C(=O)O)=C(CCCCCCCCCCCC)C(=O)O. The summed E-state index contributed by atoms with van der Waals surface area (Å²) in [4.78, 5) is 23.4. The Kier molecular flexibility index (Phi) is 21.9. The van der Waals surface area contributed by atoms with Crippen molar-refractivity contribution in [2.45, 2.75) is 155 Å². The minimum atomic E-state index is -1.05. The van der Waals surface area contributed by atoms with E-state index in [9.17, 15) is 19.8 Å². The van der Waals surface area contributed by atoms with Gasteiger partial charge in [0.15, 0.2) is 0 Å². The van der Waals surface area contributed by atoms with Gasteiger partial charge in [-0.25, -0.2) is 9.59 Å². The zero-order valence-corrected chi connectivity index (χ0v) is 21.3. The van der Waals surface area contributed by atoms with Crippen molar-refractivity contribution in [1.82, 2.24) is 0 Å². The molecular formula is C28H52O4. The van der Waals surface area contributed by atoms with Crippen LogP contribution >= 0.6 is 0 Å². The summed E-state index contributed by atoms with van der Waals surface area (Å²) in [5, 5.41) is 19.2. The van der Waals surface area contributed by atoms with Crippen LogP contribution in [-0.4, -0.2) is 22.2 Å². The number of carboxylic acid groups (broad SMARTS) is 2. The Morgan fingerprint density at radius 1 is 0.406 bits per heavy atom. The molecule has 0 heterocycles. The lowest BCUT2D eigenvalue weighted by atomic mass is 9.96. The second-order valence-corrected chi connectivity index (χ2v) is 9.43. The molecule has 0 rings (SSSR count). The van der Waals surface area contributed by atoms with Crippen molar-refractivity contribution in [2.75, 3.05) is 0 Å². The standard InChI is InChI=1S/C28H52O4/c1-3-5-7-9-11-13-15-17-19-21-23-25(27(29)30)26(28(31)32)24-22-20-18-16-14-12-10-8-6-4-2/h3-24H2,1-2H3,(H,29,30)(H,31,32). The van der Waals surface area contributed by atoms with E-state index in [1.807, 2.05) is 0 Å². The fraction of sp³-hybridized carbons (Fsp3) is 0.857. The molecule has 0 saturated heterocycles. The molecule has 0 atom stereocenters. The smallest absolute Gasteiger partial charge is 0.332 e. The van der Waals surface area contributed by atoms with Crippen LogP contribution in [0.3, 0.4) is 0 Å². The van der Waals surface area contributed by atoms with E-state index >= 15 is 0 Å². The summed E-state index contributed by atoms with van der Waals surface area (Å²) in [6.07, 6.45) is 24.5. The second kappa shape index (κ2) is 22.9. The molecule has 0 bridgehead atoms. The van der Waals surface area contributed by atoms with Gasteiger partial charge < -0.3 is 10.2 Å². The molecule has 0 amide bonds. The molecule has 4 nitrogen and oxygen atoms in total. The van der Waals surface area contributed by atoms with Gasteiger partial charge in [0.05, 0.1) is 0 Å². The molecule has 0 spiro atoms. The zero-order valence-electron chi connectivity index (χ0n) is 21.3. The molecule has 4 heteroatoms. The van der Waals surface area contributed by atoms with E-state index in [1.165, 1.54) is 89.9 Å². The van der Waals surface area contributed by atoms with Gasteiger partial charge in [-0.05, 0) is 25.7 Å². The number of aliphatic carboxylic acids is 2. The van der Waals surface area contributed by atoms with Crippen LogP contribution < -0.4 is 0 Å². The number of unbranched alkanes of at least 4 members (excludes halogenated alkanes) is 18. The average molecular weight is 453 g/mol. The van der Waals surface area contributed by atoms with Crippen molar-refractivity contribution < 1.29 is 19.8 Å². The summed E-state index contributed by atoms with van der Waals surface area (Å²) < 4.78 is 0. The van der Waals surface area contributed by atoms with Crippen molar-refractivity contribution in [3.05, 3.63) is 11.1 Å². The lowest BCUT2D eigenvalue weighted by Gasteiger charge is -2.10. The van der Waals surface area contributed by atoms with Crippen molar-refractivity contribution in [2.24, 2.45) is 0 Å². The Morgan fingerprint density at radius 2 is 0.625 bits per heavy atom. The molecule has 0 aromatic rings. The molecule has 2 N–H and O–H groups in total. The van der Waals surface area contributed by atoms with Crippen LogP contribution in [-0.2, 0) is 9.59 Å². The number of hydrogen-bond donors (Lipinski definition) is 2. The van der Waals surface area contributed by atoms with Gasteiger partial charge in [-0.1, -0.05) is 129 Å². The highest BCUT2D eigenvalue weighted by atomic mass is 16.4. The van der Waals surface area contributed by atoms with Crippen LogP contribution in [0.1, 0.15) is 155 Å². The third-order valence-corrected chi connectivity index (χ3v) is 6.44. The van der Waals surface area contributed by atoms with E-state index < -0.39 is 11.9 Å². The van der Waals surface area contributed by atoms with Gasteiger partial charge in [0.2, 0.25) is 0 Å². The molecule has 0 saturated carbocycles. The number of carbonyl (C=O) groups is 2. The highest BCUT2D eigenvalue weighted by Crippen LogP contribution is 2.21. The minimum Gasteiger partial charge on any atom is -0.478 e. The first-order valence-corrected chi connectivity index (χ1v) is 13.7. The lowest BCUT2D eigenvalue weighted by Crippen LogP contribution is -2.12. The molecule has 0 radical (unpaired) electrons. The van der Waals surface area contributed by atoms with E-state index in [1.54, 1.807) is 0 Å². The second-order valence-electron chi connectivity index (χ2n) is 9.43. The molecule has 0 aliphatic carbocycles. The molecular weight excluding hydrogens is 400 g/mol. The zero-order chi connectivity index (χ0) is 23.9. The van der Waals surface area contributed by atoms with Crippen LogP contribution in [0.4, 0.5) is 0 Å². The molecule has 188 valence electrons. The quantitative estimate of drug-likeness (QED) is 0.113. The van der Waals surface area contributed by atoms with Crippen LogP contribution in [0.5, 0.6) is 0 Å². The number of hydrogen-bond acceptors (Lipinski definition) is 2. The largest absolute Gasteiger partial charge is 0.478 e. The van der Waals surface area contributed by atoms with Gasteiger partial charge in [-0.15, -0.1) is 0 Å². The maximum absolute atomic E-state index is 11.7. The Labute approximate surface area is 198 Å². The summed E-state index contributed by atoms with van der Waals surface area (Å²) in [5.74, 6) is -2.10. The molecule has 0 aliphatic heterocycles. The number of carboxylic acids is 2. The molecule has 32 heavy (non-hydrogen) atoms. The van der Waals surface area contributed by atoms with Gasteiger partial charge in [-0.2, -0.15) is 0 Å². The topological polar surface area (TPSA) is 74.6 Å². The van der Waals surface area contributed by atoms with Crippen LogP contribution in [0.15, 0.2) is 11.1 Å². The fourth-order valence-electron chi connectivity index (χ4n) is 4.35. The highest BCUT2D eigenvalue weighted by Gasteiger charge is 2.19. The van der Waals surface area contributed by atoms with Crippen LogP contribution in [0, 0.1) is 0 Å². The molecule has 0 aliphatic rings. The third-order valence-electron chi connectivity index (χ3n) is 6.44. The number of rotatable bonds is 24. The van der Waals surface area contributed by atoms with Crippen LogP contribution in [0.2, 0.25) is 0 Å². The summed E-state index contributed by atoms with van der Waals surface area (Å²) in [5.41, 5.74) is 0.265. The fourth-order valence-corrected chi connectivity index (χ4v) is 4.35. The van der Waals surface area contributed by atoms with Gasteiger partial charge in [0.1, 0.15) is 0 Å². The summed E-state index contributed by atoms with van der Waals surface area (Å²) in [6.45, 7) is 4.46. The Bertz CT molecular complexity index is 452. The first-order valence-electron chi connectivity index (χ1n) is 13.7. The summed E-state index contributed by atoms with van der Waals surface area (Å²) in [6, 6.07) is 0. The normalized spacial score (nSPS) is 12.1. The van der Waals surface area contributed by atoms with Gasteiger partial charge in [0, 0.05) is 11.1 Å². The molecule has 0 fully saturated rings. The Morgan fingerprint density at radius 3 is 0.844 bits per heavy atom. The third kappa shape index (κ3) is 18.3. The minimum absolute atomic E-state index is 0.132. The van der Waals surface area contributed by atoms with E-state index in [-0.39, 0.29) is 11.1 Å². The molecule has 0 aromatic heterocycles. The van der Waals surface area contributed by atoms with Gasteiger partial charge >= 0.3 is 11.9 Å². The maximum atomic E-state index is 11.7. The monoisotopic (exact) mass is 452 g/mol.